The summed E-state index contributed by atoms with van der Waals surface area (Å²) in [6.45, 7) is 3.67. The Labute approximate surface area is 194 Å². The third-order valence-corrected chi connectivity index (χ3v) is 8.16. The molecule has 0 spiro atoms. The second-order valence-corrected chi connectivity index (χ2v) is 10.7. The molecule has 10 heteroatoms. The fourth-order valence-electron chi connectivity index (χ4n) is 4.46. The minimum atomic E-state index is -3.82. The standard InChI is InChI=1S/C23H31N5O4S/c1-17-8-6-10-21(25-17)26-22(29)18-9-7-13-28(16-18)33(31,32)19-14-20(24-15-19)23(30)27-11-4-2-3-5-12-27/h6,8,10,14-15,18,24H,2-5,7,9,11-13,16H2,1H3,(H,25,26,29)/t18-/m0/s1. The molecule has 2 aliphatic heterocycles. The van der Waals surface area contributed by atoms with Crippen molar-refractivity contribution in [2.45, 2.75) is 50.3 Å². The third kappa shape index (κ3) is 5.44. The number of nitrogens with zero attached hydrogens (tertiary/aromatic N) is 3. The first kappa shape index (κ1) is 23.4. The molecule has 2 aromatic heterocycles. The summed E-state index contributed by atoms with van der Waals surface area (Å²) in [4.78, 5) is 34.6. The summed E-state index contributed by atoms with van der Waals surface area (Å²) in [5.74, 6) is -0.408. The van der Waals surface area contributed by atoms with E-state index in [1.165, 1.54) is 16.6 Å². The van der Waals surface area contributed by atoms with Crippen LogP contribution in [0.15, 0.2) is 35.4 Å². The van der Waals surface area contributed by atoms with Gasteiger partial charge in [0.1, 0.15) is 16.4 Å². The van der Waals surface area contributed by atoms with Gasteiger partial charge in [0.15, 0.2) is 0 Å². The summed E-state index contributed by atoms with van der Waals surface area (Å²) >= 11 is 0. The maximum Gasteiger partial charge on any atom is 0.270 e. The van der Waals surface area contributed by atoms with Gasteiger partial charge in [0.2, 0.25) is 15.9 Å². The molecule has 9 nitrogen and oxygen atoms in total. The molecule has 2 aliphatic rings. The molecule has 2 fully saturated rings. The molecule has 4 heterocycles. The Morgan fingerprint density at radius 3 is 2.58 bits per heavy atom. The summed E-state index contributed by atoms with van der Waals surface area (Å²) in [5, 5.41) is 2.80. The zero-order chi connectivity index (χ0) is 23.4. The lowest BCUT2D eigenvalue weighted by molar-refractivity contribution is -0.120. The van der Waals surface area contributed by atoms with Gasteiger partial charge >= 0.3 is 0 Å². The van der Waals surface area contributed by atoms with Crippen molar-refractivity contribution in [1.29, 1.82) is 0 Å². The van der Waals surface area contributed by atoms with E-state index in [1.54, 1.807) is 11.0 Å². The Kier molecular flexibility index (Phi) is 7.14. The number of hydrogen-bond donors (Lipinski definition) is 2. The maximum atomic E-state index is 13.3. The third-order valence-electron chi connectivity index (χ3n) is 6.31. The van der Waals surface area contributed by atoms with Crippen LogP contribution in [0.4, 0.5) is 5.82 Å². The number of rotatable bonds is 5. The molecule has 4 rings (SSSR count). The van der Waals surface area contributed by atoms with Crippen LogP contribution in [0, 0.1) is 12.8 Å². The lowest BCUT2D eigenvalue weighted by atomic mass is 9.99. The topological polar surface area (TPSA) is 115 Å². The Bertz CT molecular complexity index is 1110. The first-order chi connectivity index (χ1) is 15.8. The van der Waals surface area contributed by atoms with Crippen LogP contribution >= 0.6 is 0 Å². The fourth-order valence-corrected chi connectivity index (χ4v) is 5.97. The fraction of sp³-hybridized carbons (Fsp3) is 0.522. The van der Waals surface area contributed by atoms with Gasteiger partial charge in [0, 0.05) is 38.1 Å². The highest BCUT2D eigenvalue weighted by molar-refractivity contribution is 7.89. The van der Waals surface area contributed by atoms with Gasteiger partial charge in [-0.05, 0) is 50.8 Å². The van der Waals surface area contributed by atoms with Crippen LogP contribution in [0.25, 0.3) is 0 Å². The molecule has 2 N–H and O–H groups in total. The quantitative estimate of drug-likeness (QED) is 0.693. The van der Waals surface area contributed by atoms with Crippen molar-refractivity contribution >= 4 is 27.7 Å². The largest absolute Gasteiger partial charge is 0.356 e. The smallest absolute Gasteiger partial charge is 0.270 e. The van der Waals surface area contributed by atoms with Crippen molar-refractivity contribution < 1.29 is 18.0 Å². The summed E-state index contributed by atoms with van der Waals surface area (Å²) < 4.78 is 27.9. The molecule has 0 aliphatic carbocycles. The molecule has 2 saturated heterocycles. The second-order valence-electron chi connectivity index (χ2n) is 8.81. The van der Waals surface area contributed by atoms with Crippen molar-refractivity contribution in [1.82, 2.24) is 19.2 Å². The van der Waals surface area contributed by atoms with E-state index in [0.29, 0.717) is 38.3 Å². The van der Waals surface area contributed by atoms with Crippen LogP contribution < -0.4 is 5.32 Å². The first-order valence-electron chi connectivity index (χ1n) is 11.6. The number of H-pyrrole nitrogens is 1. The Morgan fingerprint density at radius 2 is 1.85 bits per heavy atom. The van der Waals surface area contributed by atoms with Gasteiger partial charge in [-0.15, -0.1) is 0 Å². The molecule has 0 bridgehead atoms. The van der Waals surface area contributed by atoms with Crippen molar-refractivity contribution in [3.63, 3.8) is 0 Å². The van der Waals surface area contributed by atoms with E-state index in [4.69, 9.17) is 0 Å². The molecule has 1 atom stereocenters. The molecule has 0 radical (unpaired) electrons. The highest BCUT2D eigenvalue weighted by Crippen LogP contribution is 2.26. The molecule has 2 aromatic rings. The van der Waals surface area contributed by atoms with Crippen molar-refractivity contribution in [3.05, 3.63) is 41.9 Å². The zero-order valence-electron chi connectivity index (χ0n) is 18.9. The second kappa shape index (κ2) is 10.0. The van der Waals surface area contributed by atoms with Crippen molar-refractivity contribution in [2.24, 2.45) is 5.92 Å². The van der Waals surface area contributed by atoms with Crippen LogP contribution in [-0.4, -0.2) is 65.6 Å². The number of likely N-dealkylation sites (tertiary alicyclic amines) is 1. The number of carbonyl (C=O) groups is 2. The van der Waals surface area contributed by atoms with Gasteiger partial charge < -0.3 is 15.2 Å². The molecule has 0 aromatic carbocycles. The number of anilines is 1. The number of piperidine rings is 1. The van der Waals surface area contributed by atoms with Crippen LogP contribution in [-0.2, 0) is 14.8 Å². The maximum absolute atomic E-state index is 13.3. The number of pyridine rings is 1. The lowest BCUT2D eigenvalue weighted by Gasteiger charge is -2.30. The van der Waals surface area contributed by atoms with Crippen molar-refractivity contribution in [2.75, 3.05) is 31.5 Å². The van der Waals surface area contributed by atoms with E-state index < -0.39 is 15.9 Å². The van der Waals surface area contributed by atoms with Crippen LogP contribution in [0.3, 0.4) is 0 Å². The summed E-state index contributed by atoms with van der Waals surface area (Å²) in [5.41, 5.74) is 1.07. The number of sulfonamides is 1. The zero-order valence-corrected chi connectivity index (χ0v) is 19.7. The minimum Gasteiger partial charge on any atom is -0.356 e. The van der Waals surface area contributed by atoms with E-state index in [9.17, 15) is 18.0 Å². The Morgan fingerprint density at radius 1 is 1.09 bits per heavy atom. The molecular weight excluding hydrogens is 442 g/mol. The summed E-state index contributed by atoms with van der Waals surface area (Å²) in [6.07, 6.45) is 6.72. The summed E-state index contributed by atoms with van der Waals surface area (Å²) in [6, 6.07) is 6.78. The minimum absolute atomic E-state index is 0.0575. The SMILES string of the molecule is Cc1cccc(NC(=O)[C@H]2CCCN(S(=O)(=O)c3c[nH]c(C(=O)N4CCCCCC4)c3)C2)n1. The number of amides is 2. The molecule has 33 heavy (non-hydrogen) atoms. The van der Waals surface area contributed by atoms with Crippen LogP contribution in [0.2, 0.25) is 0 Å². The molecule has 0 saturated carbocycles. The molecule has 178 valence electrons. The monoisotopic (exact) mass is 473 g/mol. The number of hydrogen-bond acceptors (Lipinski definition) is 5. The number of aromatic amines is 1. The lowest BCUT2D eigenvalue weighted by Crippen LogP contribution is -2.43. The number of carbonyl (C=O) groups excluding carboxylic acids is 2. The number of aromatic nitrogens is 2. The predicted molar refractivity (Wildman–Crippen MR) is 124 cm³/mol. The average molecular weight is 474 g/mol. The number of aryl methyl sites for hydroxylation is 1. The predicted octanol–water partition coefficient (Wildman–Crippen LogP) is 2.77. The van der Waals surface area contributed by atoms with Gasteiger partial charge in [-0.2, -0.15) is 4.31 Å². The van der Waals surface area contributed by atoms with E-state index in [1.807, 2.05) is 19.1 Å². The van der Waals surface area contributed by atoms with Gasteiger partial charge in [0.05, 0.1) is 5.92 Å². The van der Waals surface area contributed by atoms with Gasteiger partial charge in [-0.25, -0.2) is 13.4 Å². The highest BCUT2D eigenvalue weighted by atomic mass is 32.2. The molecule has 2 amide bonds. The van der Waals surface area contributed by atoms with E-state index >= 15 is 0 Å². The summed E-state index contributed by atoms with van der Waals surface area (Å²) in [7, 11) is -3.82. The van der Waals surface area contributed by atoms with E-state index in [0.717, 1.165) is 31.4 Å². The molecule has 0 unspecified atom stereocenters. The van der Waals surface area contributed by atoms with Crippen LogP contribution in [0.1, 0.15) is 54.7 Å². The normalized spacial score (nSPS) is 20.3. The molecular formula is C23H31N5O4S. The van der Waals surface area contributed by atoms with Crippen LogP contribution in [0.5, 0.6) is 0 Å². The van der Waals surface area contributed by atoms with Gasteiger partial charge in [0.25, 0.3) is 5.91 Å². The van der Waals surface area contributed by atoms with E-state index in [-0.39, 0.29) is 28.9 Å². The first-order valence-corrected chi connectivity index (χ1v) is 13.0. The van der Waals surface area contributed by atoms with E-state index in [2.05, 4.69) is 15.3 Å². The van der Waals surface area contributed by atoms with Gasteiger partial charge in [-0.3, -0.25) is 9.59 Å². The highest BCUT2D eigenvalue weighted by Gasteiger charge is 2.34. The Balaban J connectivity index is 1.43. The average Bonchev–Trinajstić information content (AvgIpc) is 3.16. The van der Waals surface area contributed by atoms with Gasteiger partial charge in [-0.1, -0.05) is 18.9 Å². The van der Waals surface area contributed by atoms with Crippen molar-refractivity contribution in [3.8, 4) is 0 Å². The Hall–Kier alpha value is -2.72. The number of nitrogens with one attached hydrogen (secondary N) is 2.